The van der Waals surface area contributed by atoms with Crippen LogP contribution < -0.4 is 0 Å². The lowest BCUT2D eigenvalue weighted by Gasteiger charge is -2.12. The fraction of sp³-hybridized carbons (Fsp3) is 0.143. The van der Waals surface area contributed by atoms with E-state index >= 15 is 0 Å². The van der Waals surface area contributed by atoms with E-state index in [1.165, 1.54) is 11.1 Å². The van der Waals surface area contributed by atoms with E-state index in [9.17, 15) is 0 Å². The molecule has 0 amide bonds. The van der Waals surface area contributed by atoms with Crippen molar-refractivity contribution >= 4 is 15.9 Å². The van der Waals surface area contributed by atoms with Crippen molar-refractivity contribution in [2.45, 2.75) is 12.8 Å². The molecule has 0 aromatic heterocycles. The summed E-state index contributed by atoms with van der Waals surface area (Å²) in [6.45, 7) is 2.23. The van der Waals surface area contributed by atoms with Gasteiger partial charge in [-0.1, -0.05) is 65.3 Å². The molecule has 0 aliphatic heterocycles. The van der Waals surface area contributed by atoms with Crippen LogP contribution in [0.25, 0.3) is 0 Å². The summed E-state index contributed by atoms with van der Waals surface area (Å²) in [6.07, 6.45) is 0. The summed E-state index contributed by atoms with van der Waals surface area (Å²) in [5, 5.41) is 0. The molecule has 15 heavy (non-hydrogen) atoms. The highest BCUT2D eigenvalue weighted by molar-refractivity contribution is 9.10. The summed E-state index contributed by atoms with van der Waals surface area (Å²) in [7, 11) is 0. The summed E-state index contributed by atoms with van der Waals surface area (Å²) < 4.78 is 1.14. The Morgan fingerprint density at radius 2 is 1.53 bits per heavy atom. The van der Waals surface area contributed by atoms with E-state index in [4.69, 9.17) is 0 Å². The smallest absolute Gasteiger partial charge is 0.0178 e. The van der Waals surface area contributed by atoms with Crippen LogP contribution in [0.5, 0.6) is 0 Å². The first-order chi connectivity index (χ1) is 7.27. The molecule has 0 bridgehead atoms. The van der Waals surface area contributed by atoms with Gasteiger partial charge in [0.25, 0.3) is 0 Å². The molecular weight excluding hydrogens is 248 g/mol. The van der Waals surface area contributed by atoms with Crippen molar-refractivity contribution < 1.29 is 0 Å². The monoisotopic (exact) mass is 260 g/mol. The molecule has 1 unspecified atom stereocenters. The Kier molecular flexibility index (Phi) is 3.22. The molecule has 0 aliphatic rings. The largest absolute Gasteiger partial charge is 0.0622 e. The van der Waals surface area contributed by atoms with Gasteiger partial charge in [0, 0.05) is 10.4 Å². The Morgan fingerprint density at radius 3 is 2.20 bits per heavy atom. The second-order valence-corrected chi connectivity index (χ2v) is 4.60. The minimum absolute atomic E-state index is 0.448. The van der Waals surface area contributed by atoms with Gasteiger partial charge >= 0.3 is 0 Å². The van der Waals surface area contributed by atoms with Crippen molar-refractivity contribution in [3.05, 3.63) is 70.2 Å². The van der Waals surface area contributed by atoms with E-state index in [1.54, 1.807) is 0 Å². The van der Waals surface area contributed by atoms with Gasteiger partial charge in [-0.25, -0.2) is 0 Å². The van der Waals surface area contributed by atoms with Gasteiger partial charge in [-0.05, 0) is 23.3 Å². The molecule has 0 saturated carbocycles. The van der Waals surface area contributed by atoms with Crippen LogP contribution in [0.1, 0.15) is 24.0 Å². The molecule has 76 valence electrons. The maximum atomic E-state index is 3.50. The molecule has 0 N–H and O–H groups in total. The molecule has 0 heterocycles. The van der Waals surface area contributed by atoms with Crippen LogP contribution in [-0.2, 0) is 0 Å². The zero-order chi connectivity index (χ0) is 10.7. The predicted octanol–water partition coefficient (Wildman–Crippen LogP) is 4.60. The van der Waals surface area contributed by atoms with E-state index in [2.05, 4.69) is 77.5 Å². The van der Waals surface area contributed by atoms with Crippen molar-refractivity contribution in [2.24, 2.45) is 0 Å². The van der Waals surface area contributed by atoms with Crippen LogP contribution in [0, 0.1) is 0 Å². The van der Waals surface area contributed by atoms with Gasteiger partial charge in [-0.15, -0.1) is 0 Å². The van der Waals surface area contributed by atoms with Gasteiger partial charge in [0.1, 0.15) is 0 Å². The first-order valence-electron chi connectivity index (χ1n) is 5.08. The summed E-state index contributed by atoms with van der Waals surface area (Å²) in [4.78, 5) is 0. The number of hydrogen-bond donors (Lipinski definition) is 0. The Hall–Kier alpha value is -1.08. The van der Waals surface area contributed by atoms with E-state index in [1.807, 2.05) is 0 Å². The lowest BCUT2D eigenvalue weighted by Crippen LogP contribution is -1.95. The van der Waals surface area contributed by atoms with Crippen LogP contribution in [0.4, 0.5) is 0 Å². The number of halogens is 1. The van der Waals surface area contributed by atoms with Crippen LogP contribution in [0.2, 0.25) is 0 Å². The summed E-state index contributed by atoms with van der Waals surface area (Å²) in [5.74, 6) is 0.448. The molecule has 2 aromatic carbocycles. The first-order valence-corrected chi connectivity index (χ1v) is 5.87. The molecule has 1 heteroatoms. The van der Waals surface area contributed by atoms with Gasteiger partial charge in [0.15, 0.2) is 0 Å². The Labute approximate surface area is 99.1 Å². The Bertz CT molecular complexity index is 434. The highest BCUT2D eigenvalue weighted by atomic mass is 79.9. The van der Waals surface area contributed by atoms with Gasteiger partial charge in [0.2, 0.25) is 0 Å². The maximum Gasteiger partial charge on any atom is 0.0178 e. The van der Waals surface area contributed by atoms with E-state index < -0.39 is 0 Å². The number of rotatable bonds is 2. The fourth-order valence-electron chi connectivity index (χ4n) is 1.71. The number of hydrogen-bond acceptors (Lipinski definition) is 0. The average Bonchev–Trinajstić information content (AvgIpc) is 2.29. The molecule has 0 aliphatic carbocycles. The topological polar surface area (TPSA) is 0 Å². The molecule has 0 spiro atoms. The van der Waals surface area contributed by atoms with Gasteiger partial charge < -0.3 is 0 Å². The van der Waals surface area contributed by atoms with Gasteiger partial charge in [0.05, 0.1) is 0 Å². The lowest BCUT2D eigenvalue weighted by atomic mass is 9.93. The summed E-state index contributed by atoms with van der Waals surface area (Å²) in [5.41, 5.74) is 2.70. The average molecular weight is 261 g/mol. The van der Waals surface area contributed by atoms with Crippen LogP contribution in [0.3, 0.4) is 0 Å². The van der Waals surface area contributed by atoms with E-state index in [-0.39, 0.29) is 0 Å². The molecule has 0 fully saturated rings. The zero-order valence-electron chi connectivity index (χ0n) is 8.65. The van der Waals surface area contributed by atoms with E-state index in [0.29, 0.717) is 5.92 Å². The van der Waals surface area contributed by atoms with Crippen molar-refractivity contribution in [3.63, 3.8) is 0 Å². The highest BCUT2D eigenvalue weighted by Crippen LogP contribution is 2.25. The normalized spacial score (nSPS) is 12.4. The Morgan fingerprint density at radius 1 is 0.867 bits per heavy atom. The van der Waals surface area contributed by atoms with Crippen molar-refractivity contribution in [2.75, 3.05) is 0 Å². The Balaban J connectivity index is 2.32. The van der Waals surface area contributed by atoms with Gasteiger partial charge in [-0.2, -0.15) is 0 Å². The molecule has 1 atom stereocenters. The predicted molar refractivity (Wildman–Crippen MR) is 68.1 cm³/mol. The third-order valence-electron chi connectivity index (χ3n) is 2.65. The van der Waals surface area contributed by atoms with Crippen LogP contribution >= 0.6 is 15.9 Å². The van der Waals surface area contributed by atoms with Crippen LogP contribution in [-0.4, -0.2) is 0 Å². The molecule has 0 saturated heterocycles. The molecule has 0 nitrogen and oxygen atoms in total. The minimum Gasteiger partial charge on any atom is -0.0622 e. The lowest BCUT2D eigenvalue weighted by molar-refractivity contribution is 0.921. The fourth-order valence-corrected chi connectivity index (χ4v) is 2.13. The van der Waals surface area contributed by atoms with E-state index in [0.717, 1.165) is 4.47 Å². The third kappa shape index (κ3) is 2.48. The quantitative estimate of drug-likeness (QED) is 0.741. The van der Waals surface area contributed by atoms with Crippen molar-refractivity contribution in [1.29, 1.82) is 0 Å². The number of benzene rings is 2. The maximum absolute atomic E-state index is 3.50. The minimum atomic E-state index is 0.448. The summed E-state index contributed by atoms with van der Waals surface area (Å²) in [6, 6.07) is 19.1. The zero-order valence-corrected chi connectivity index (χ0v) is 10.2. The molecule has 2 rings (SSSR count). The molecule has 2 aromatic rings. The third-order valence-corrected chi connectivity index (χ3v) is 3.14. The molecular formula is C14H13Br. The second kappa shape index (κ2) is 4.63. The first kappa shape index (κ1) is 10.4. The molecule has 0 radical (unpaired) electrons. The standard InChI is InChI=1S/C14H13Br/c1-11(12-6-3-2-4-7-12)13-8-5-9-14(15)10-13/h2-11H,1H3. The summed E-state index contributed by atoms with van der Waals surface area (Å²) >= 11 is 3.50. The SMILES string of the molecule is CC(c1ccccc1)c1cccc(Br)c1. The highest BCUT2D eigenvalue weighted by Gasteiger charge is 2.07. The van der Waals surface area contributed by atoms with Crippen LogP contribution in [0.15, 0.2) is 59.1 Å². The van der Waals surface area contributed by atoms with Gasteiger partial charge in [-0.3, -0.25) is 0 Å². The second-order valence-electron chi connectivity index (χ2n) is 3.69. The van der Waals surface area contributed by atoms with Crippen molar-refractivity contribution in [1.82, 2.24) is 0 Å². The van der Waals surface area contributed by atoms with Crippen molar-refractivity contribution in [3.8, 4) is 0 Å².